The normalized spacial score (nSPS) is 11.1. The van der Waals surface area contributed by atoms with Gasteiger partial charge in [-0.1, -0.05) is 25.5 Å². The largest absolute Gasteiger partial charge is 0.494 e. The molecule has 0 saturated carbocycles. The van der Waals surface area contributed by atoms with Crippen molar-refractivity contribution >= 4 is 24.1 Å². The summed E-state index contributed by atoms with van der Waals surface area (Å²) in [7, 11) is 0. The van der Waals surface area contributed by atoms with Crippen LogP contribution in [-0.2, 0) is 6.42 Å². The van der Waals surface area contributed by atoms with Gasteiger partial charge in [0.15, 0.2) is 4.77 Å². The van der Waals surface area contributed by atoms with Gasteiger partial charge in [0.2, 0.25) is 5.88 Å². The highest BCUT2D eigenvalue weighted by molar-refractivity contribution is 7.71. The van der Waals surface area contributed by atoms with Crippen LogP contribution >= 0.6 is 12.2 Å². The molecule has 3 rings (SSSR count). The number of aliphatic imine (C=N–C) groups is 1. The Labute approximate surface area is 180 Å². The van der Waals surface area contributed by atoms with Crippen molar-refractivity contribution in [2.24, 2.45) is 4.99 Å². The third-order valence-corrected chi connectivity index (χ3v) is 4.91. The monoisotopic (exact) mass is 423 g/mol. The highest BCUT2D eigenvalue weighted by atomic mass is 32.1. The highest BCUT2D eigenvalue weighted by Crippen LogP contribution is 2.22. The van der Waals surface area contributed by atoms with E-state index in [1.54, 1.807) is 24.3 Å². The minimum atomic E-state index is -0.497. The van der Waals surface area contributed by atoms with E-state index in [-0.39, 0.29) is 16.2 Å². The zero-order valence-electron chi connectivity index (χ0n) is 17.1. The lowest BCUT2D eigenvalue weighted by molar-refractivity contribution is 0.340. The fourth-order valence-electron chi connectivity index (χ4n) is 3.02. The number of hydrogen-bond donors (Lipinski definition) is 2. The maximum atomic E-state index is 12.4. The topological polar surface area (TPSA) is 79.6 Å². The number of rotatable bonds is 8. The van der Waals surface area contributed by atoms with Gasteiger partial charge in [0.25, 0.3) is 5.56 Å². The van der Waals surface area contributed by atoms with Gasteiger partial charge in [0, 0.05) is 6.21 Å². The first-order chi connectivity index (χ1) is 14.5. The van der Waals surface area contributed by atoms with Crippen LogP contribution in [0, 0.1) is 4.77 Å². The Morgan fingerprint density at radius 1 is 1.13 bits per heavy atom. The molecule has 1 aromatic heterocycles. The fraction of sp³-hybridized carbons (Fsp3) is 0.261. The molecule has 0 spiro atoms. The molecule has 0 radical (unpaired) electrons. The van der Waals surface area contributed by atoms with Crippen molar-refractivity contribution in [3.63, 3.8) is 0 Å². The van der Waals surface area contributed by atoms with Crippen LogP contribution in [0.4, 0.5) is 5.69 Å². The number of H-pyrrole nitrogens is 1. The van der Waals surface area contributed by atoms with Gasteiger partial charge in [0.05, 0.1) is 18.0 Å². The predicted molar refractivity (Wildman–Crippen MR) is 122 cm³/mol. The maximum Gasteiger partial charge on any atom is 0.264 e. The van der Waals surface area contributed by atoms with E-state index in [0.29, 0.717) is 23.7 Å². The molecule has 0 aliphatic carbocycles. The van der Waals surface area contributed by atoms with E-state index in [0.717, 1.165) is 19.3 Å². The van der Waals surface area contributed by atoms with Gasteiger partial charge in [-0.05, 0) is 73.9 Å². The number of ether oxygens (including phenoxy) is 1. The summed E-state index contributed by atoms with van der Waals surface area (Å²) in [5, 5.41) is 10.7. The summed E-state index contributed by atoms with van der Waals surface area (Å²) in [6.45, 7) is 4.63. The van der Waals surface area contributed by atoms with Crippen LogP contribution in [-0.4, -0.2) is 27.5 Å². The van der Waals surface area contributed by atoms with Crippen molar-refractivity contribution in [2.75, 3.05) is 6.61 Å². The van der Waals surface area contributed by atoms with E-state index in [4.69, 9.17) is 17.0 Å². The first-order valence-electron chi connectivity index (χ1n) is 9.98. The van der Waals surface area contributed by atoms with Crippen molar-refractivity contribution in [2.45, 2.75) is 33.1 Å². The molecule has 3 aromatic rings. The molecule has 2 aromatic carbocycles. The van der Waals surface area contributed by atoms with Crippen LogP contribution in [0.15, 0.2) is 58.3 Å². The number of aromatic amines is 1. The third-order valence-electron chi connectivity index (χ3n) is 4.62. The minimum absolute atomic E-state index is 0.0348. The Balaban J connectivity index is 1.92. The Morgan fingerprint density at radius 2 is 1.83 bits per heavy atom. The van der Waals surface area contributed by atoms with Crippen molar-refractivity contribution in [3.8, 4) is 17.3 Å². The molecule has 0 bridgehead atoms. The number of aromatic nitrogens is 2. The molecule has 0 atom stereocenters. The van der Waals surface area contributed by atoms with Gasteiger partial charge in [0.1, 0.15) is 11.3 Å². The van der Waals surface area contributed by atoms with E-state index >= 15 is 0 Å². The first kappa shape index (κ1) is 21.5. The molecule has 0 fully saturated rings. The molecule has 156 valence electrons. The number of aromatic hydroxyl groups is 1. The van der Waals surface area contributed by atoms with Gasteiger partial charge in [-0.2, -0.15) is 0 Å². The predicted octanol–water partition coefficient (Wildman–Crippen LogP) is 5.09. The van der Waals surface area contributed by atoms with Crippen molar-refractivity contribution in [3.05, 3.63) is 74.8 Å². The number of nitrogens with zero attached hydrogens (tertiary/aromatic N) is 2. The summed E-state index contributed by atoms with van der Waals surface area (Å²) in [4.78, 5) is 19.3. The number of nitrogens with one attached hydrogen (secondary N) is 1. The molecule has 1 heterocycles. The summed E-state index contributed by atoms with van der Waals surface area (Å²) < 4.78 is 6.93. The van der Waals surface area contributed by atoms with Gasteiger partial charge >= 0.3 is 0 Å². The van der Waals surface area contributed by atoms with Crippen molar-refractivity contribution in [1.29, 1.82) is 0 Å². The van der Waals surface area contributed by atoms with Crippen LogP contribution in [0.25, 0.3) is 5.69 Å². The lowest BCUT2D eigenvalue weighted by Crippen LogP contribution is -2.18. The van der Waals surface area contributed by atoms with Crippen LogP contribution in [0.5, 0.6) is 11.6 Å². The summed E-state index contributed by atoms with van der Waals surface area (Å²) in [5.74, 6) is 0.442. The standard InChI is InChI=1S/C23H25N3O3S/c1-3-5-6-16-7-9-17(10-8-16)24-15-20-21(27)25-23(30)26(22(20)28)18-11-13-19(14-12-18)29-4-2/h7-15,28H,3-6H2,1-2H3,(H,25,27,30). The third kappa shape index (κ3) is 5.04. The zero-order valence-corrected chi connectivity index (χ0v) is 17.9. The van der Waals surface area contributed by atoms with Crippen LogP contribution in [0.2, 0.25) is 0 Å². The van der Waals surface area contributed by atoms with Crippen molar-refractivity contribution < 1.29 is 9.84 Å². The molecule has 6 nitrogen and oxygen atoms in total. The second-order valence-corrected chi connectivity index (χ2v) is 7.17. The van der Waals surface area contributed by atoms with Gasteiger partial charge < -0.3 is 9.84 Å². The van der Waals surface area contributed by atoms with Gasteiger partial charge in [-0.25, -0.2) is 0 Å². The lowest BCUT2D eigenvalue weighted by Gasteiger charge is -2.12. The van der Waals surface area contributed by atoms with Crippen molar-refractivity contribution in [1.82, 2.24) is 9.55 Å². The SMILES string of the molecule is CCCCc1ccc(N=Cc2c(O)n(-c3ccc(OCC)cc3)c(=S)[nH]c2=O)cc1. The molecule has 0 aliphatic heterocycles. The first-order valence-corrected chi connectivity index (χ1v) is 10.4. The fourth-order valence-corrected chi connectivity index (χ4v) is 3.31. The molecule has 0 unspecified atom stereocenters. The van der Waals surface area contributed by atoms with E-state index in [1.807, 2.05) is 31.2 Å². The average Bonchev–Trinajstić information content (AvgIpc) is 2.74. The molecule has 2 N–H and O–H groups in total. The quantitative estimate of drug-likeness (QED) is 0.391. The summed E-state index contributed by atoms with van der Waals surface area (Å²) >= 11 is 5.25. The van der Waals surface area contributed by atoms with E-state index in [1.165, 1.54) is 16.3 Å². The van der Waals surface area contributed by atoms with E-state index in [2.05, 4.69) is 16.9 Å². The van der Waals surface area contributed by atoms with E-state index < -0.39 is 5.56 Å². The van der Waals surface area contributed by atoms with Gasteiger partial charge in [-0.3, -0.25) is 19.3 Å². The molecular formula is C23H25N3O3S. The summed E-state index contributed by atoms with van der Waals surface area (Å²) in [5.41, 5.74) is 2.09. The molecular weight excluding hydrogens is 398 g/mol. The minimum Gasteiger partial charge on any atom is -0.494 e. The summed E-state index contributed by atoms with van der Waals surface area (Å²) in [6.07, 6.45) is 4.68. The number of hydrogen-bond acceptors (Lipinski definition) is 5. The molecule has 0 aliphatic rings. The maximum absolute atomic E-state index is 12.4. The Morgan fingerprint density at radius 3 is 2.47 bits per heavy atom. The Bertz CT molecular complexity index is 1130. The summed E-state index contributed by atoms with van der Waals surface area (Å²) in [6, 6.07) is 14.9. The second kappa shape index (κ2) is 10.0. The van der Waals surface area contributed by atoms with Crippen LogP contribution in [0.3, 0.4) is 0 Å². The number of benzene rings is 2. The highest BCUT2D eigenvalue weighted by Gasteiger charge is 2.12. The van der Waals surface area contributed by atoms with Gasteiger partial charge in [-0.15, -0.1) is 0 Å². The lowest BCUT2D eigenvalue weighted by atomic mass is 10.1. The zero-order chi connectivity index (χ0) is 21.5. The molecule has 7 heteroatoms. The molecule has 0 saturated heterocycles. The number of unbranched alkanes of at least 4 members (excludes halogenated alkanes) is 1. The smallest absolute Gasteiger partial charge is 0.264 e. The number of aryl methyl sites for hydroxylation is 1. The Hall–Kier alpha value is -3.19. The molecule has 30 heavy (non-hydrogen) atoms. The second-order valence-electron chi connectivity index (χ2n) is 6.79. The van der Waals surface area contributed by atoms with E-state index in [9.17, 15) is 9.90 Å². The Kier molecular flexibility index (Phi) is 7.19. The molecule has 0 amide bonds. The van der Waals surface area contributed by atoms with Crippen LogP contribution < -0.4 is 10.3 Å². The van der Waals surface area contributed by atoms with Crippen LogP contribution in [0.1, 0.15) is 37.8 Å². The average molecular weight is 424 g/mol.